The van der Waals surface area contributed by atoms with Gasteiger partial charge in [0.15, 0.2) is 17.5 Å². The van der Waals surface area contributed by atoms with Gasteiger partial charge in [0.2, 0.25) is 0 Å². The lowest BCUT2D eigenvalue weighted by molar-refractivity contribution is 1.08. The normalized spacial score (nSPS) is 11.4. The van der Waals surface area contributed by atoms with Crippen LogP contribution in [0.4, 0.5) is 0 Å². The fraction of sp³-hybridized carbons (Fsp3) is 0. The third-order valence-corrected chi connectivity index (χ3v) is 12.8. The molecule has 0 saturated carbocycles. The molecule has 0 unspecified atom stereocenters. The van der Waals surface area contributed by atoms with E-state index in [-0.39, 0.29) is 116 Å². The molecule has 9 rings (SSSR count). The van der Waals surface area contributed by atoms with Crippen LogP contribution < -0.4 is 81.9 Å². The highest BCUT2D eigenvalue weighted by atomic mass is 32.1. The second-order valence-electron chi connectivity index (χ2n) is 15.2. The van der Waals surface area contributed by atoms with E-state index in [0.717, 1.165) is 11.1 Å². The van der Waals surface area contributed by atoms with Gasteiger partial charge in [0.25, 0.3) is 0 Å². The number of thiophene rings is 1. The van der Waals surface area contributed by atoms with Gasteiger partial charge in [-0.25, -0.2) is 15.0 Å². The fourth-order valence-corrected chi connectivity index (χ4v) is 9.49. The first-order chi connectivity index (χ1) is 30.5. The molecule has 7 aromatic carbocycles. The van der Waals surface area contributed by atoms with E-state index in [1.807, 2.05) is 84.9 Å². The summed E-state index contributed by atoms with van der Waals surface area (Å²) in [4.78, 5) is 14.7. The Bertz CT molecular complexity index is 3440. The van der Waals surface area contributed by atoms with Gasteiger partial charge in [-0.3, -0.25) is 0 Å². The van der Waals surface area contributed by atoms with E-state index in [1.165, 1.54) is 11.3 Å². The van der Waals surface area contributed by atoms with Crippen LogP contribution in [-0.2, 0) is 0 Å². The predicted octanol–water partition coefficient (Wildman–Crippen LogP) is -5.85. The molecular weight excluding hydrogens is 777 g/mol. The molecule has 0 spiro atoms. The molecule has 0 aliphatic rings. The summed E-state index contributed by atoms with van der Waals surface area (Å²) < 4.78 is 0.915. The van der Waals surface area contributed by atoms with Crippen molar-refractivity contribution in [2.24, 2.45) is 0 Å². The van der Waals surface area contributed by atoms with Crippen molar-refractivity contribution >= 4 is 231 Å². The molecule has 0 saturated heterocycles. The average Bonchev–Trinajstić information content (AvgIpc) is 3.71. The molecular formula is C45H14B15N3S. The van der Waals surface area contributed by atoms with Gasteiger partial charge in [0.05, 0.1) is 0 Å². The second-order valence-corrected chi connectivity index (χ2v) is 16.2. The number of fused-ring (bicyclic) bond motifs is 3. The van der Waals surface area contributed by atoms with Crippen LogP contribution in [0.15, 0.2) is 84.9 Å². The Balaban J connectivity index is 1.32. The number of nitrogens with zero attached hydrogens (tertiary/aromatic N) is 3. The van der Waals surface area contributed by atoms with E-state index < -0.39 is 0 Å². The summed E-state index contributed by atoms with van der Waals surface area (Å²) in [6, 6.07) is 27.1. The molecule has 0 fully saturated rings. The summed E-state index contributed by atoms with van der Waals surface area (Å²) in [6.45, 7) is 0. The summed E-state index contributed by atoms with van der Waals surface area (Å²) in [5.41, 5.74) is 4.28. The van der Waals surface area contributed by atoms with E-state index in [2.05, 4.69) is 0 Å². The van der Waals surface area contributed by atoms with Crippen molar-refractivity contribution in [3.05, 3.63) is 84.9 Å². The van der Waals surface area contributed by atoms with Gasteiger partial charge < -0.3 is 0 Å². The van der Waals surface area contributed by atoms with Crippen molar-refractivity contribution in [1.29, 1.82) is 0 Å². The molecule has 0 aliphatic heterocycles. The number of benzene rings is 7. The molecule has 3 nitrogen and oxygen atoms in total. The zero-order valence-corrected chi connectivity index (χ0v) is 34.8. The molecule has 0 aliphatic carbocycles. The standard InChI is InChI=1S/C45H14B15N3S/c46-26-19(28(48)35(55)30(50)21(26)22-31(51)37(57)32(52)23-24-33(53)38(58)39(59)40(60)42(24)64-41(22)23)20-27(47)25(34(54)36(56)29(20)49)45-62-43(17-9-5-2-6-10-17)61-44(63-45)18-13-11-16(12-14-18)15-7-3-1-4-8-15/h1-14H. The maximum atomic E-state index is 7.18. The zero-order chi connectivity index (χ0) is 45.6. The lowest BCUT2D eigenvalue weighted by Gasteiger charge is -2.29. The minimum Gasteiger partial charge on any atom is -0.208 e. The van der Waals surface area contributed by atoms with Crippen LogP contribution in [0.2, 0.25) is 0 Å². The molecule has 64 heavy (non-hydrogen) atoms. The molecule has 30 radical (unpaired) electrons. The first-order valence-corrected chi connectivity index (χ1v) is 20.3. The Kier molecular flexibility index (Phi) is 11.4. The lowest BCUT2D eigenvalue weighted by Crippen LogP contribution is -2.51. The van der Waals surface area contributed by atoms with Crippen LogP contribution >= 0.6 is 11.3 Å². The summed E-state index contributed by atoms with van der Waals surface area (Å²) >= 11 is 1.17. The van der Waals surface area contributed by atoms with Crippen LogP contribution in [0.25, 0.3) is 87.7 Å². The Labute approximate surface area is 396 Å². The molecule has 0 amide bonds. The van der Waals surface area contributed by atoms with Crippen molar-refractivity contribution in [3.8, 4) is 67.5 Å². The number of hydrogen-bond acceptors (Lipinski definition) is 4. The smallest absolute Gasteiger partial charge is 0.164 e. The van der Waals surface area contributed by atoms with E-state index in [1.54, 1.807) is 0 Å². The summed E-state index contributed by atoms with van der Waals surface area (Å²) in [7, 11) is 101. The molecule has 260 valence electrons. The molecule has 0 bridgehead atoms. The topological polar surface area (TPSA) is 38.7 Å². The van der Waals surface area contributed by atoms with Gasteiger partial charge >= 0.3 is 0 Å². The van der Waals surface area contributed by atoms with Crippen LogP contribution in [0.3, 0.4) is 0 Å². The minimum absolute atomic E-state index is 0.000997. The predicted molar refractivity (Wildman–Crippen MR) is 286 cm³/mol. The van der Waals surface area contributed by atoms with Gasteiger partial charge in [0.1, 0.15) is 118 Å². The highest BCUT2D eigenvalue weighted by Gasteiger charge is 2.27. The Morgan fingerprint density at radius 3 is 1.11 bits per heavy atom. The van der Waals surface area contributed by atoms with Gasteiger partial charge in [-0.05, 0) is 44.2 Å². The third kappa shape index (κ3) is 6.82. The van der Waals surface area contributed by atoms with Crippen LogP contribution in [-0.4, -0.2) is 133 Å². The van der Waals surface area contributed by atoms with Gasteiger partial charge in [-0.2, -0.15) is 0 Å². The van der Waals surface area contributed by atoms with Gasteiger partial charge in [-0.15, -0.1) is 38.7 Å². The van der Waals surface area contributed by atoms with Crippen molar-refractivity contribution < 1.29 is 0 Å². The van der Waals surface area contributed by atoms with Crippen LogP contribution in [0, 0.1) is 0 Å². The molecule has 19 heteroatoms. The molecule has 2 heterocycles. The molecule has 9 aromatic rings. The second kappa shape index (κ2) is 16.6. The highest BCUT2D eigenvalue weighted by molar-refractivity contribution is 7.28. The number of rotatable bonds is 6. The van der Waals surface area contributed by atoms with Gasteiger partial charge in [0, 0.05) is 26.1 Å². The maximum absolute atomic E-state index is 7.18. The van der Waals surface area contributed by atoms with Crippen molar-refractivity contribution in [3.63, 3.8) is 0 Å². The number of aromatic nitrogens is 3. The van der Waals surface area contributed by atoms with Crippen LogP contribution in [0.1, 0.15) is 0 Å². The lowest BCUT2D eigenvalue weighted by atomic mass is 9.56. The molecule has 2 aromatic heterocycles. The summed E-state index contributed by atoms with van der Waals surface area (Å²) in [5, 5.41) is 0.805. The quantitative estimate of drug-likeness (QED) is 0.158. The zero-order valence-electron chi connectivity index (χ0n) is 34.0. The van der Waals surface area contributed by atoms with E-state index in [0.29, 0.717) is 42.9 Å². The molecule has 0 N–H and O–H groups in total. The van der Waals surface area contributed by atoms with Crippen molar-refractivity contribution in [2.75, 3.05) is 0 Å². The maximum Gasteiger partial charge on any atom is 0.164 e. The Morgan fingerprint density at radius 2 is 0.578 bits per heavy atom. The summed E-state index contributed by atoms with van der Waals surface area (Å²) in [5.74, 6) is 0.733. The molecule has 0 atom stereocenters. The largest absolute Gasteiger partial charge is 0.208 e. The Hall–Kier alpha value is -5.26. The highest BCUT2D eigenvalue weighted by Crippen LogP contribution is 2.35. The van der Waals surface area contributed by atoms with E-state index >= 15 is 0 Å². The van der Waals surface area contributed by atoms with E-state index in [4.69, 9.17) is 133 Å². The SMILES string of the molecule is [B]c1c([B])c(-c2nc(-c3ccccc3)nc(-c3ccc(-c4ccccc4)cc3)n2)c([B])c(-c2c([B])c([B])c([B])c(-c3c([B])c([B])c([B])c4c3sc3c([B])c([B])c([B])c([B])c34)c2[B])c1[B]. The number of hydrogen-bond donors (Lipinski definition) is 0. The van der Waals surface area contributed by atoms with Crippen LogP contribution in [0.5, 0.6) is 0 Å². The summed E-state index contributed by atoms with van der Waals surface area (Å²) in [6.07, 6.45) is 0. The average molecular weight is 791 g/mol. The van der Waals surface area contributed by atoms with Crippen molar-refractivity contribution in [2.45, 2.75) is 0 Å². The van der Waals surface area contributed by atoms with E-state index in [9.17, 15) is 0 Å². The monoisotopic (exact) mass is 793 g/mol. The first-order valence-electron chi connectivity index (χ1n) is 19.5. The first kappa shape index (κ1) is 44.0. The van der Waals surface area contributed by atoms with Gasteiger partial charge in [-0.1, -0.05) is 140 Å². The fourth-order valence-electron chi connectivity index (χ4n) is 8.13. The van der Waals surface area contributed by atoms with Crippen molar-refractivity contribution in [1.82, 2.24) is 15.0 Å². The Morgan fingerprint density at radius 1 is 0.250 bits per heavy atom. The minimum atomic E-state index is -0.0840. The third-order valence-electron chi connectivity index (χ3n) is 11.6.